The van der Waals surface area contributed by atoms with Crippen LogP contribution in [0.25, 0.3) is 49.3 Å². The molecule has 2 unspecified atom stereocenters. The second kappa shape index (κ2) is 9.31. The van der Waals surface area contributed by atoms with Crippen LogP contribution in [0.5, 0.6) is 0 Å². The average molecular weight is 588 g/mol. The van der Waals surface area contributed by atoms with Gasteiger partial charge in [-0.2, -0.15) is 0 Å². The van der Waals surface area contributed by atoms with Gasteiger partial charge in [0.2, 0.25) is 0 Å². The highest BCUT2D eigenvalue weighted by atomic mass is 15.0. The third-order valence-corrected chi connectivity index (χ3v) is 10.9. The number of hydrogen-bond acceptors (Lipinski definition) is 0. The first-order chi connectivity index (χ1) is 22.6. The van der Waals surface area contributed by atoms with E-state index in [-0.39, 0.29) is 17.4 Å². The van der Waals surface area contributed by atoms with Crippen molar-refractivity contribution in [1.82, 2.24) is 4.57 Å². The van der Waals surface area contributed by atoms with Gasteiger partial charge in [0.05, 0.1) is 11.6 Å². The zero-order valence-corrected chi connectivity index (χ0v) is 26.0. The van der Waals surface area contributed by atoms with E-state index >= 15 is 0 Å². The molecule has 0 N–H and O–H groups in total. The molecule has 0 saturated heterocycles. The maximum atomic E-state index is 2.67. The predicted molar refractivity (Wildman–Crippen MR) is 193 cm³/mol. The van der Waals surface area contributed by atoms with Crippen LogP contribution in [0.3, 0.4) is 0 Å². The van der Waals surface area contributed by atoms with Gasteiger partial charge in [0, 0.05) is 27.6 Å². The van der Waals surface area contributed by atoms with Crippen molar-refractivity contribution in [2.45, 2.75) is 25.3 Å². The molecule has 0 amide bonds. The summed E-state index contributed by atoms with van der Waals surface area (Å²) >= 11 is 0. The van der Waals surface area contributed by atoms with Crippen LogP contribution >= 0.6 is 0 Å². The van der Waals surface area contributed by atoms with E-state index < -0.39 is 0 Å². The Hall–Kier alpha value is -5.40. The predicted octanol–water partition coefficient (Wildman–Crippen LogP) is 11.4. The average Bonchev–Trinajstić information content (AvgIpc) is 3.55. The Kier molecular flexibility index (Phi) is 5.24. The standard InChI is InChI=1S/C45H33N/c1-45(2)38-21-11-9-15-31(38)34-25-26-40-42(43(34)45)37-20-10-12-22-39(37)46(40)44-35-18-7-5-16-32(35)41(33-17-6-8-19-36(33)44)30-24-23-28-13-3-4-14-29(28)27-30/h3-27,35,44H,1-2H3. The summed E-state index contributed by atoms with van der Waals surface area (Å²) in [5, 5.41) is 5.29. The summed E-state index contributed by atoms with van der Waals surface area (Å²) in [5.74, 6) is 0.193. The van der Waals surface area contributed by atoms with E-state index in [0.717, 1.165) is 0 Å². The van der Waals surface area contributed by atoms with E-state index in [1.807, 2.05) is 0 Å². The number of benzene rings is 6. The first-order valence-corrected chi connectivity index (χ1v) is 16.4. The molecule has 0 saturated carbocycles. The molecule has 2 atom stereocenters. The van der Waals surface area contributed by atoms with Gasteiger partial charge in [-0.05, 0) is 79.1 Å². The van der Waals surface area contributed by atoms with Crippen molar-refractivity contribution >= 4 is 38.2 Å². The van der Waals surface area contributed by atoms with E-state index in [9.17, 15) is 0 Å². The lowest BCUT2D eigenvalue weighted by atomic mass is 9.71. The van der Waals surface area contributed by atoms with Crippen LogP contribution in [0.15, 0.2) is 157 Å². The Morgan fingerprint density at radius 3 is 2.28 bits per heavy atom. The van der Waals surface area contributed by atoms with Crippen molar-refractivity contribution in [3.63, 3.8) is 0 Å². The van der Waals surface area contributed by atoms with Gasteiger partial charge < -0.3 is 4.57 Å². The van der Waals surface area contributed by atoms with Crippen LogP contribution in [-0.4, -0.2) is 4.57 Å². The topological polar surface area (TPSA) is 4.93 Å². The lowest BCUT2D eigenvalue weighted by Gasteiger charge is -2.38. The summed E-state index contributed by atoms with van der Waals surface area (Å²) in [7, 11) is 0. The van der Waals surface area contributed by atoms with Gasteiger partial charge in [0.25, 0.3) is 0 Å². The maximum absolute atomic E-state index is 2.67. The number of nitrogens with zero attached hydrogens (tertiary/aromatic N) is 1. The molecule has 6 aromatic carbocycles. The molecule has 0 fully saturated rings. The normalized spacial score (nSPS) is 19.0. The second-order valence-electron chi connectivity index (χ2n) is 13.6. The molecule has 10 rings (SSSR count). The molecular formula is C45H33N. The van der Waals surface area contributed by atoms with Crippen molar-refractivity contribution in [2.24, 2.45) is 5.92 Å². The third-order valence-electron chi connectivity index (χ3n) is 10.9. The number of para-hydroxylation sites is 1. The highest BCUT2D eigenvalue weighted by Gasteiger charge is 2.40. The summed E-state index contributed by atoms with van der Waals surface area (Å²) in [6.07, 6.45) is 9.27. The van der Waals surface area contributed by atoms with Crippen molar-refractivity contribution in [3.8, 4) is 11.1 Å². The summed E-state index contributed by atoms with van der Waals surface area (Å²) in [6, 6.07) is 47.8. The summed E-state index contributed by atoms with van der Waals surface area (Å²) in [5.41, 5.74) is 14.9. The number of fused-ring (bicyclic) bond motifs is 10. The number of allylic oxidation sites excluding steroid dienone is 5. The molecular weight excluding hydrogens is 555 g/mol. The first-order valence-electron chi connectivity index (χ1n) is 16.4. The Labute approximate surface area is 269 Å². The van der Waals surface area contributed by atoms with Crippen LogP contribution in [0.1, 0.15) is 47.7 Å². The number of aromatic nitrogens is 1. The van der Waals surface area contributed by atoms with E-state index in [0.29, 0.717) is 0 Å². The highest BCUT2D eigenvalue weighted by molar-refractivity contribution is 6.13. The van der Waals surface area contributed by atoms with Gasteiger partial charge in [-0.1, -0.05) is 147 Å². The minimum atomic E-state index is -0.0906. The minimum absolute atomic E-state index is 0.0906. The summed E-state index contributed by atoms with van der Waals surface area (Å²) in [6.45, 7) is 4.81. The Bertz CT molecular complexity index is 2510. The van der Waals surface area contributed by atoms with Crippen molar-refractivity contribution in [2.75, 3.05) is 0 Å². The van der Waals surface area contributed by atoms with Crippen molar-refractivity contribution in [1.29, 1.82) is 0 Å². The van der Waals surface area contributed by atoms with Gasteiger partial charge in [-0.25, -0.2) is 0 Å². The fourth-order valence-electron chi connectivity index (χ4n) is 9.04. The summed E-state index contributed by atoms with van der Waals surface area (Å²) < 4.78 is 2.67. The molecule has 1 heteroatoms. The molecule has 0 spiro atoms. The van der Waals surface area contributed by atoms with Gasteiger partial charge in [-0.3, -0.25) is 0 Å². The molecule has 0 aliphatic heterocycles. The molecule has 218 valence electrons. The van der Waals surface area contributed by atoms with E-state index in [2.05, 4.69) is 170 Å². The van der Waals surface area contributed by atoms with Crippen molar-refractivity contribution in [3.05, 3.63) is 185 Å². The molecule has 3 aliphatic rings. The van der Waals surface area contributed by atoms with Crippen LogP contribution < -0.4 is 0 Å². The third kappa shape index (κ3) is 3.35. The van der Waals surface area contributed by atoms with Crippen LogP contribution in [-0.2, 0) is 5.41 Å². The minimum Gasteiger partial charge on any atom is -0.332 e. The van der Waals surface area contributed by atoms with Gasteiger partial charge in [0.1, 0.15) is 0 Å². The number of hydrogen-bond donors (Lipinski definition) is 0. The molecule has 1 heterocycles. The van der Waals surface area contributed by atoms with Gasteiger partial charge in [-0.15, -0.1) is 0 Å². The highest BCUT2D eigenvalue weighted by Crippen LogP contribution is 2.55. The maximum Gasteiger partial charge on any atom is 0.0701 e. The fourth-order valence-corrected chi connectivity index (χ4v) is 9.04. The van der Waals surface area contributed by atoms with E-state index in [1.54, 1.807) is 0 Å². The molecule has 3 aliphatic carbocycles. The van der Waals surface area contributed by atoms with Gasteiger partial charge >= 0.3 is 0 Å². The Morgan fingerprint density at radius 2 is 1.37 bits per heavy atom. The monoisotopic (exact) mass is 587 g/mol. The van der Waals surface area contributed by atoms with E-state index in [1.165, 1.54) is 82.7 Å². The first kappa shape index (κ1) is 25.9. The second-order valence-corrected chi connectivity index (χ2v) is 13.6. The van der Waals surface area contributed by atoms with E-state index in [4.69, 9.17) is 0 Å². The lowest BCUT2D eigenvalue weighted by molar-refractivity contribution is 0.516. The van der Waals surface area contributed by atoms with Crippen LogP contribution in [0, 0.1) is 5.92 Å². The molecule has 46 heavy (non-hydrogen) atoms. The molecule has 7 aromatic rings. The molecule has 0 radical (unpaired) electrons. The Morgan fingerprint density at radius 1 is 0.609 bits per heavy atom. The lowest BCUT2D eigenvalue weighted by Crippen LogP contribution is -2.27. The largest absolute Gasteiger partial charge is 0.332 e. The van der Waals surface area contributed by atoms with Gasteiger partial charge in [0.15, 0.2) is 0 Å². The zero-order valence-electron chi connectivity index (χ0n) is 26.0. The quantitative estimate of drug-likeness (QED) is 0.190. The van der Waals surface area contributed by atoms with Crippen LogP contribution in [0.2, 0.25) is 0 Å². The SMILES string of the molecule is CC1(C)c2ccccc2-c2ccc3c(c21)c1ccccc1n3C1c2ccccc2C(c2ccc3ccccc3c2)=C2C=CC=CC21. The zero-order chi connectivity index (χ0) is 30.6. The van der Waals surface area contributed by atoms with Crippen LogP contribution in [0.4, 0.5) is 0 Å². The fraction of sp³-hybridized carbons (Fsp3) is 0.111. The Balaban J connectivity index is 1.28. The molecule has 1 nitrogen and oxygen atoms in total. The number of rotatable bonds is 2. The van der Waals surface area contributed by atoms with Crippen molar-refractivity contribution < 1.29 is 0 Å². The smallest absolute Gasteiger partial charge is 0.0701 e. The summed E-state index contributed by atoms with van der Waals surface area (Å²) in [4.78, 5) is 0. The molecule has 1 aromatic heterocycles. The molecule has 0 bridgehead atoms.